The number of carbonyl (C=O) groups excluding carboxylic acids is 1. The quantitative estimate of drug-likeness (QED) is 0.787. The van der Waals surface area contributed by atoms with Gasteiger partial charge in [-0.05, 0) is 40.4 Å². The number of carbonyl (C=O) groups is 1. The molecule has 4 nitrogen and oxygen atoms in total. The highest BCUT2D eigenvalue weighted by Crippen LogP contribution is 2.22. The molecule has 2 atom stereocenters. The maximum absolute atomic E-state index is 12.4. The Morgan fingerprint density at radius 3 is 3.06 bits per heavy atom. The van der Waals surface area contributed by atoms with Crippen molar-refractivity contribution in [3.8, 4) is 0 Å². The van der Waals surface area contributed by atoms with E-state index in [-0.39, 0.29) is 12.0 Å². The Balaban J connectivity index is 2.13. The Morgan fingerprint density at radius 2 is 2.39 bits per heavy atom. The summed E-state index contributed by atoms with van der Waals surface area (Å²) in [4.78, 5) is 18.3. The van der Waals surface area contributed by atoms with Gasteiger partial charge in [0, 0.05) is 26.4 Å². The second-order valence-corrected chi connectivity index (χ2v) is 5.38. The molecule has 1 aliphatic heterocycles. The molecule has 0 saturated carbocycles. The fraction of sp³-hybridized carbons (Fsp3) is 0.538. The number of hydrogen-bond acceptors (Lipinski definition) is 3. The molecule has 1 aromatic heterocycles. The predicted molar refractivity (Wildman–Crippen MR) is 72.4 cm³/mol. The second-order valence-electron chi connectivity index (χ2n) is 4.63. The monoisotopic (exact) mass is 312 g/mol. The van der Waals surface area contributed by atoms with Crippen LogP contribution in [0.25, 0.3) is 0 Å². The molecular formula is C13H17BrN2O2. The number of piperidine rings is 1. The second kappa shape index (κ2) is 5.80. The van der Waals surface area contributed by atoms with Gasteiger partial charge < -0.3 is 9.64 Å². The lowest BCUT2D eigenvalue weighted by atomic mass is 9.95. The zero-order chi connectivity index (χ0) is 13.1. The lowest BCUT2D eigenvalue weighted by Gasteiger charge is -2.36. The largest absolute Gasteiger partial charge is 0.379 e. The number of methoxy groups -OCH3 is 1. The molecule has 1 amide bonds. The van der Waals surface area contributed by atoms with E-state index in [1.807, 2.05) is 4.90 Å². The molecule has 1 aromatic rings. The normalized spacial score (nSPS) is 24.1. The predicted octanol–water partition coefficient (Wildman–Crippen LogP) is 2.34. The van der Waals surface area contributed by atoms with Gasteiger partial charge >= 0.3 is 0 Å². The molecule has 2 heterocycles. The van der Waals surface area contributed by atoms with Crippen molar-refractivity contribution in [2.45, 2.75) is 19.4 Å². The van der Waals surface area contributed by atoms with E-state index in [2.05, 4.69) is 27.8 Å². The van der Waals surface area contributed by atoms with E-state index in [0.29, 0.717) is 22.6 Å². The van der Waals surface area contributed by atoms with Gasteiger partial charge in [0.1, 0.15) is 4.60 Å². The average molecular weight is 313 g/mol. The molecule has 1 fully saturated rings. The molecule has 2 rings (SSSR count). The van der Waals surface area contributed by atoms with E-state index in [0.717, 1.165) is 13.0 Å². The number of hydrogen-bond donors (Lipinski definition) is 0. The van der Waals surface area contributed by atoms with Gasteiger partial charge in [0.15, 0.2) is 0 Å². The Bertz CT molecular complexity index is 439. The summed E-state index contributed by atoms with van der Waals surface area (Å²) in [5.41, 5.74) is 0.613. The zero-order valence-electron chi connectivity index (χ0n) is 10.6. The van der Waals surface area contributed by atoms with Gasteiger partial charge in [-0.1, -0.05) is 6.92 Å². The zero-order valence-corrected chi connectivity index (χ0v) is 12.2. The highest BCUT2D eigenvalue weighted by molar-refractivity contribution is 9.10. The summed E-state index contributed by atoms with van der Waals surface area (Å²) in [5, 5.41) is 0. The van der Waals surface area contributed by atoms with Crippen LogP contribution in [0, 0.1) is 5.92 Å². The van der Waals surface area contributed by atoms with Crippen molar-refractivity contribution >= 4 is 21.8 Å². The fourth-order valence-electron chi connectivity index (χ4n) is 2.24. The van der Waals surface area contributed by atoms with Crippen LogP contribution in [-0.2, 0) is 4.74 Å². The molecule has 1 aliphatic rings. The van der Waals surface area contributed by atoms with Gasteiger partial charge in [-0.2, -0.15) is 0 Å². The fourth-order valence-corrected chi connectivity index (χ4v) is 2.66. The highest BCUT2D eigenvalue weighted by Gasteiger charge is 2.29. The molecule has 0 spiro atoms. The summed E-state index contributed by atoms with van der Waals surface area (Å²) in [6, 6.07) is 3.57. The Morgan fingerprint density at radius 1 is 1.61 bits per heavy atom. The third kappa shape index (κ3) is 2.72. The van der Waals surface area contributed by atoms with Gasteiger partial charge in [-0.25, -0.2) is 4.98 Å². The van der Waals surface area contributed by atoms with Crippen molar-refractivity contribution in [3.63, 3.8) is 0 Å². The lowest BCUT2D eigenvalue weighted by molar-refractivity contribution is -0.00161. The minimum atomic E-state index is 0.0175. The van der Waals surface area contributed by atoms with E-state index in [1.165, 1.54) is 0 Å². The number of nitrogens with zero attached hydrogens (tertiary/aromatic N) is 2. The molecular weight excluding hydrogens is 296 g/mol. The van der Waals surface area contributed by atoms with Crippen LogP contribution in [0.4, 0.5) is 0 Å². The van der Waals surface area contributed by atoms with E-state index in [9.17, 15) is 4.79 Å². The van der Waals surface area contributed by atoms with Crippen LogP contribution in [0.3, 0.4) is 0 Å². The molecule has 0 aromatic carbocycles. The number of ether oxygens (including phenoxy) is 1. The molecule has 2 unspecified atom stereocenters. The Labute approximate surface area is 115 Å². The molecule has 0 N–H and O–H groups in total. The first-order valence-electron chi connectivity index (χ1n) is 6.06. The SMILES string of the molecule is COC1CN(C(=O)c2cccnc2Br)CCC1C. The average Bonchev–Trinajstić information content (AvgIpc) is 2.39. The summed E-state index contributed by atoms with van der Waals surface area (Å²) in [7, 11) is 1.70. The van der Waals surface area contributed by atoms with E-state index in [1.54, 1.807) is 25.4 Å². The first-order valence-corrected chi connectivity index (χ1v) is 6.85. The van der Waals surface area contributed by atoms with Gasteiger partial charge in [0.05, 0.1) is 11.7 Å². The van der Waals surface area contributed by atoms with Crippen LogP contribution in [0.15, 0.2) is 22.9 Å². The van der Waals surface area contributed by atoms with E-state index in [4.69, 9.17) is 4.74 Å². The first-order chi connectivity index (χ1) is 8.63. The van der Waals surface area contributed by atoms with Crippen molar-refractivity contribution in [3.05, 3.63) is 28.5 Å². The summed E-state index contributed by atoms with van der Waals surface area (Å²) in [6.45, 7) is 3.59. The Hall–Kier alpha value is -0.940. The van der Waals surface area contributed by atoms with Gasteiger partial charge in [0.2, 0.25) is 0 Å². The highest BCUT2D eigenvalue weighted by atomic mass is 79.9. The molecule has 0 bridgehead atoms. The Kier molecular flexibility index (Phi) is 4.35. The number of rotatable bonds is 2. The summed E-state index contributed by atoms with van der Waals surface area (Å²) < 4.78 is 6.03. The van der Waals surface area contributed by atoms with Crippen molar-refractivity contribution in [1.29, 1.82) is 0 Å². The van der Waals surface area contributed by atoms with Crippen molar-refractivity contribution in [1.82, 2.24) is 9.88 Å². The van der Waals surface area contributed by atoms with Gasteiger partial charge in [-0.3, -0.25) is 4.79 Å². The minimum absolute atomic E-state index is 0.0175. The molecule has 0 radical (unpaired) electrons. The number of halogens is 1. The lowest BCUT2D eigenvalue weighted by Crippen LogP contribution is -2.46. The number of pyridine rings is 1. The van der Waals surface area contributed by atoms with Crippen molar-refractivity contribution in [2.24, 2.45) is 5.92 Å². The summed E-state index contributed by atoms with van der Waals surface area (Å²) in [6.07, 6.45) is 2.76. The maximum atomic E-state index is 12.4. The number of aromatic nitrogens is 1. The van der Waals surface area contributed by atoms with Crippen LogP contribution >= 0.6 is 15.9 Å². The smallest absolute Gasteiger partial charge is 0.256 e. The van der Waals surface area contributed by atoms with E-state index >= 15 is 0 Å². The maximum Gasteiger partial charge on any atom is 0.256 e. The van der Waals surface area contributed by atoms with E-state index < -0.39 is 0 Å². The molecule has 18 heavy (non-hydrogen) atoms. The topological polar surface area (TPSA) is 42.4 Å². The van der Waals surface area contributed by atoms with Gasteiger partial charge in [0.25, 0.3) is 5.91 Å². The molecule has 0 aliphatic carbocycles. The van der Waals surface area contributed by atoms with Crippen LogP contribution in [0.1, 0.15) is 23.7 Å². The third-order valence-corrected chi connectivity index (χ3v) is 4.10. The van der Waals surface area contributed by atoms with Crippen molar-refractivity contribution < 1.29 is 9.53 Å². The third-order valence-electron chi connectivity index (χ3n) is 3.47. The van der Waals surface area contributed by atoms with Crippen LogP contribution < -0.4 is 0 Å². The standard InChI is InChI=1S/C13H17BrN2O2/c1-9-5-7-16(8-11(9)18-2)13(17)10-4-3-6-15-12(10)14/h3-4,6,9,11H,5,7-8H2,1-2H3. The van der Waals surface area contributed by atoms with Gasteiger partial charge in [-0.15, -0.1) is 0 Å². The molecule has 98 valence electrons. The number of amides is 1. The molecule has 1 saturated heterocycles. The summed E-state index contributed by atoms with van der Waals surface area (Å²) in [5.74, 6) is 0.514. The van der Waals surface area contributed by atoms with Crippen LogP contribution in [0.2, 0.25) is 0 Å². The van der Waals surface area contributed by atoms with Crippen LogP contribution in [0.5, 0.6) is 0 Å². The minimum Gasteiger partial charge on any atom is -0.379 e. The summed E-state index contributed by atoms with van der Waals surface area (Å²) >= 11 is 3.32. The first kappa shape index (κ1) is 13.5. The van der Waals surface area contributed by atoms with Crippen molar-refractivity contribution in [2.75, 3.05) is 20.2 Å². The molecule has 5 heteroatoms. The van der Waals surface area contributed by atoms with Crippen LogP contribution in [-0.4, -0.2) is 42.1 Å². The number of likely N-dealkylation sites (tertiary alicyclic amines) is 1.